The highest BCUT2D eigenvalue weighted by Gasteiger charge is 2.18. The van der Waals surface area contributed by atoms with Crippen molar-refractivity contribution < 1.29 is 14.7 Å². The quantitative estimate of drug-likeness (QED) is 0.784. The normalized spacial score (nSPS) is 10.5. The number of hydrogen-bond donors (Lipinski definition) is 1. The molecule has 0 saturated carbocycles. The van der Waals surface area contributed by atoms with Crippen LogP contribution in [0, 0.1) is 0 Å². The number of aliphatic carboxylic acids is 1. The molecule has 0 fully saturated rings. The fourth-order valence-electron chi connectivity index (χ4n) is 1.45. The molecule has 0 atom stereocenters. The van der Waals surface area contributed by atoms with E-state index in [0.29, 0.717) is 18.7 Å². The van der Waals surface area contributed by atoms with Crippen molar-refractivity contribution >= 4 is 23.5 Å². The Morgan fingerprint density at radius 1 is 1.37 bits per heavy atom. The van der Waals surface area contributed by atoms with Gasteiger partial charge in [0.25, 0.3) is 5.91 Å². The van der Waals surface area contributed by atoms with Crippen LogP contribution in [0.2, 0.25) is 5.15 Å². The Balaban J connectivity index is 2.83. The monoisotopic (exact) mass is 285 g/mol. The Hall–Kier alpha value is -1.66. The molecule has 0 aliphatic rings. The molecule has 1 N–H and O–H groups in total. The third-order valence-corrected chi connectivity index (χ3v) is 2.61. The molecule has 0 spiro atoms. The molecule has 104 valence electrons. The van der Waals surface area contributed by atoms with E-state index in [1.54, 1.807) is 0 Å². The standard InChI is InChI=1S/C12H16ClN3O3/c1-15(2)5-6-16(8-11(17)18)12(19)9-3-4-14-10(13)7-9/h3-4,7H,5-6,8H2,1-2H3,(H,17,18). The van der Waals surface area contributed by atoms with Crippen LogP contribution in [0.1, 0.15) is 10.4 Å². The minimum Gasteiger partial charge on any atom is -0.480 e. The third-order valence-electron chi connectivity index (χ3n) is 2.40. The Kier molecular flexibility index (Phi) is 5.72. The van der Waals surface area contributed by atoms with Gasteiger partial charge in [0.1, 0.15) is 11.7 Å². The maximum absolute atomic E-state index is 12.2. The molecule has 1 aromatic rings. The van der Waals surface area contributed by atoms with Gasteiger partial charge in [-0.05, 0) is 26.2 Å². The maximum atomic E-state index is 12.2. The van der Waals surface area contributed by atoms with Crippen molar-refractivity contribution in [1.82, 2.24) is 14.8 Å². The molecule has 0 unspecified atom stereocenters. The lowest BCUT2D eigenvalue weighted by Gasteiger charge is -2.22. The van der Waals surface area contributed by atoms with Crippen molar-refractivity contribution in [3.63, 3.8) is 0 Å². The molecule has 0 aromatic carbocycles. The minimum atomic E-state index is -1.05. The van der Waals surface area contributed by atoms with Crippen LogP contribution in [0.5, 0.6) is 0 Å². The van der Waals surface area contributed by atoms with Gasteiger partial charge >= 0.3 is 5.97 Å². The molecule has 1 rings (SSSR count). The van der Waals surface area contributed by atoms with E-state index >= 15 is 0 Å². The summed E-state index contributed by atoms with van der Waals surface area (Å²) in [5, 5.41) is 9.06. The number of carboxylic acids is 1. The average Bonchev–Trinajstić information content (AvgIpc) is 2.33. The van der Waals surface area contributed by atoms with Crippen molar-refractivity contribution in [2.75, 3.05) is 33.7 Å². The second kappa shape index (κ2) is 7.06. The number of carbonyl (C=O) groups excluding carboxylic acids is 1. The molecule has 7 heteroatoms. The Morgan fingerprint density at radius 3 is 2.58 bits per heavy atom. The molecule has 0 radical (unpaired) electrons. The zero-order valence-corrected chi connectivity index (χ0v) is 11.6. The number of carboxylic acid groups (broad SMARTS) is 1. The molecule has 6 nitrogen and oxygen atoms in total. The smallest absolute Gasteiger partial charge is 0.323 e. The predicted octanol–water partition coefficient (Wildman–Crippen LogP) is 0.823. The lowest BCUT2D eigenvalue weighted by molar-refractivity contribution is -0.137. The summed E-state index contributed by atoms with van der Waals surface area (Å²) < 4.78 is 0. The van der Waals surface area contributed by atoms with Crippen LogP contribution in [0.25, 0.3) is 0 Å². The number of pyridine rings is 1. The summed E-state index contributed by atoms with van der Waals surface area (Å²) in [7, 11) is 3.71. The molecule has 0 saturated heterocycles. The van der Waals surface area contributed by atoms with Gasteiger partial charge in [-0.2, -0.15) is 0 Å². The number of likely N-dealkylation sites (N-methyl/N-ethyl adjacent to an activating group) is 1. The average molecular weight is 286 g/mol. The van der Waals surface area contributed by atoms with Gasteiger partial charge in [-0.25, -0.2) is 4.98 Å². The molecule has 0 bridgehead atoms. The molecular weight excluding hydrogens is 270 g/mol. The van der Waals surface area contributed by atoms with Gasteiger partial charge in [0.05, 0.1) is 0 Å². The summed E-state index contributed by atoms with van der Waals surface area (Å²) in [6.07, 6.45) is 1.42. The van der Waals surface area contributed by atoms with Gasteiger partial charge in [0.2, 0.25) is 0 Å². The number of aromatic nitrogens is 1. The van der Waals surface area contributed by atoms with E-state index in [1.165, 1.54) is 23.2 Å². The fraction of sp³-hybridized carbons (Fsp3) is 0.417. The van der Waals surface area contributed by atoms with Crippen molar-refractivity contribution in [3.8, 4) is 0 Å². The molecular formula is C12H16ClN3O3. The SMILES string of the molecule is CN(C)CCN(CC(=O)O)C(=O)c1ccnc(Cl)c1. The van der Waals surface area contributed by atoms with E-state index < -0.39 is 5.97 Å². The first-order valence-electron chi connectivity index (χ1n) is 5.67. The van der Waals surface area contributed by atoms with Crippen molar-refractivity contribution in [2.45, 2.75) is 0 Å². The molecule has 1 heterocycles. The highest BCUT2D eigenvalue weighted by molar-refractivity contribution is 6.29. The topological polar surface area (TPSA) is 73.7 Å². The van der Waals surface area contributed by atoms with Crippen molar-refractivity contribution in [2.24, 2.45) is 0 Å². The summed E-state index contributed by atoms with van der Waals surface area (Å²) in [5.41, 5.74) is 0.333. The first-order valence-corrected chi connectivity index (χ1v) is 6.05. The summed E-state index contributed by atoms with van der Waals surface area (Å²) >= 11 is 5.72. The molecule has 19 heavy (non-hydrogen) atoms. The van der Waals surface area contributed by atoms with Gasteiger partial charge in [0.15, 0.2) is 0 Å². The van der Waals surface area contributed by atoms with Gasteiger partial charge < -0.3 is 14.9 Å². The first kappa shape index (κ1) is 15.4. The van der Waals surface area contributed by atoms with Crippen LogP contribution in [0.4, 0.5) is 0 Å². The van der Waals surface area contributed by atoms with E-state index in [2.05, 4.69) is 4.98 Å². The van der Waals surface area contributed by atoms with E-state index in [4.69, 9.17) is 16.7 Å². The number of rotatable bonds is 6. The van der Waals surface area contributed by atoms with Gasteiger partial charge in [-0.1, -0.05) is 11.6 Å². The molecule has 1 aromatic heterocycles. The number of hydrogen-bond acceptors (Lipinski definition) is 4. The molecule has 0 aliphatic carbocycles. The van der Waals surface area contributed by atoms with Gasteiger partial charge in [-0.15, -0.1) is 0 Å². The first-order chi connectivity index (χ1) is 8.90. The van der Waals surface area contributed by atoms with E-state index in [0.717, 1.165) is 0 Å². The van der Waals surface area contributed by atoms with Crippen LogP contribution in [0.15, 0.2) is 18.3 Å². The summed E-state index contributed by atoms with van der Waals surface area (Å²) in [6.45, 7) is 0.572. The van der Waals surface area contributed by atoms with Crippen LogP contribution >= 0.6 is 11.6 Å². The molecule has 0 aliphatic heterocycles. The summed E-state index contributed by atoms with van der Waals surface area (Å²) in [6, 6.07) is 2.94. The summed E-state index contributed by atoms with van der Waals surface area (Å²) in [5.74, 6) is -1.42. The van der Waals surface area contributed by atoms with E-state index in [1.807, 2.05) is 19.0 Å². The largest absolute Gasteiger partial charge is 0.480 e. The Bertz CT molecular complexity index is 465. The van der Waals surface area contributed by atoms with Crippen molar-refractivity contribution in [3.05, 3.63) is 29.0 Å². The van der Waals surface area contributed by atoms with Crippen LogP contribution in [-0.2, 0) is 4.79 Å². The lowest BCUT2D eigenvalue weighted by atomic mass is 10.2. The number of nitrogens with zero attached hydrogens (tertiary/aromatic N) is 3. The van der Waals surface area contributed by atoms with E-state index in [9.17, 15) is 9.59 Å². The summed E-state index contributed by atoms with van der Waals surface area (Å²) in [4.78, 5) is 29.9. The van der Waals surface area contributed by atoms with E-state index in [-0.39, 0.29) is 17.6 Å². The third kappa shape index (κ3) is 5.23. The van der Waals surface area contributed by atoms with Gasteiger partial charge in [-0.3, -0.25) is 9.59 Å². The van der Waals surface area contributed by atoms with Crippen LogP contribution in [0.3, 0.4) is 0 Å². The highest BCUT2D eigenvalue weighted by atomic mass is 35.5. The lowest BCUT2D eigenvalue weighted by Crippen LogP contribution is -2.40. The maximum Gasteiger partial charge on any atom is 0.323 e. The van der Waals surface area contributed by atoms with Gasteiger partial charge in [0, 0.05) is 24.8 Å². The highest BCUT2D eigenvalue weighted by Crippen LogP contribution is 2.10. The fourth-order valence-corrected chi connectivity index (χ4v) is 1.63. The Labute approximate surface area is 116 Å². The number of halogens is 1. The minimum absolute atomic E-state index is 0.203. The van der Waals surface area contributed by atoms with Crippen LogP contribution < -0.4 is 0 Å². The predicted molar refractivity (Wildman–Crippen MR) is 71.3 cm³/mol. The number of amides is 1. The molecule has 1 amide bonds. The second-order valence-electron chi connectivity index (χ2n) is 4.29. The van der Waals surface area contributed by atoms with Crippen LogP contribution in [-0.4, -0.2) is 65.5 Å². The zero-order chi connectivity index (χ0) is 14.4. The van der Waals surface area contributed by atoms with Crippen molar-refractivity contribution in [1.29, 1.82) is 0 Å². The number of carbonyl (C=O) groups is 2. The second-order valence-corrected chi connectivity index (χ2v) is 4.68. The Morgan fingerprint density at radius 2 is 2.05 bits per heavy atom. The zero-order valence-electron chi connectivity index (χ0n) is 10.8.